The van der Waals surface area contributed by atoms with Crippen LogP contribution in [0.3, 0.4) is 0 Å². The zero-order valence-electron chi connectivity index (χ0n) is 23.7. The number of rotatable bonds is 9. The molecule has 0 radical (unpaired) electrons. The van der Waals surface area contributed by atoms with E-state index in [-0.39, 0.29) is 69.6 Å². The number of ketones is 1. The summed E-state index contributed by atoms with van der Waals surface area (Å²) in [6, 6.07) is 15.7. The fraction of sp³-hybridized carbons (Fsp3) is 0.267. The first-order valence-corrected chi connectivity index (χ1v) is 12.9. The van der Waals surface area contributed by atoms with Crippen molar-refractivity contribution in [1.82, 2.24) is 8.75 Å². The number of carboxylic acids is 1. The van der Waals surface area contributed by atoms with E-state index in [0.717, 1.165) is 22.9 Å². The van der Waals surface area contributed by atoms with E-state index in [4.69, 9.17) is 14.2 Å². The molecule has 0 bridgehead atoms. The molecular weight excluding hydrogens is 539 g/mol. The average Bonchev–Trinajstić information content (AvgIpc) is 3.39. The monoisotopic (exact) mass is 568 g/mol. The first-order chi connectivity index (χ1) is 18.6. The maximum Gasteiger partial charge on any atom is 1.00 e. The summed E-state index contributed by atoms with van der Waals surface area (Å²) in [5, 5.41) is 12.6. The Morgan fingerprint density at radius 2 is 1.43 bits per heavy atom. The third-order valence-electron chi connectivity index (χ3n) is 6.45. The van der Waals surface area contributed by atoms with Crippen molar-refractivity contribution < 1.29 is 58.5 Å². The van der Waals surface area contributed by atoms with Crippen molar-refractivity contribution in [2.75, 3.05) is 21.3 Å². The number of carbonyl (C=O) groups excluding carboxylic acids is 2. The van der Waals surface area contributed by atoms with Crippen LogP contribution in [0.15, 0.2) is 60.2 Å². The predicted molar refractivity (Wildman–Crippen MR) is 149 cm³/mol. The van der Waals surface area contributed by atoms with E-state index in [1.54, 1.807) is 18.2 Å². The molecule has 0 N–H and O–H groups in total. The molecule has 0 aliphatic heterocycles. The SMILES string of the molecule is COc1cc(C(=O)/C(Cc2ccc(C(C)(C)C)cc2)=C(/C(=O)[O-])c2ccc3nsnc3c2)cc(OC)c1OC.[Na+]. The van der Waals surface area contributed by atoms with Gasteiger partial charge in [-0.3, -0.25) is 4.79 Å². The first-order valence-electron chi connectivity index (χ1n) is 12.2. The van der Waals surface area contributed by atoms with Gasteiger partial charge in [0.2, 0.25) is 5.75 Å². The van der Waals surface area contributed by atoms with Crippen LogP contribution in [0.25, 0.3) is 16.6 Å². The van der Waals surface area contributed by atoms with E-state index in [1.807, 2.05) is 24.3 Å². The molecule has 0 unspecified atom stereocenters. The molecule has 202 valence electrons. The van der Waals surface area contributed by atoms with Gasteiger partial charge in [-0.25, -0.2) is 0 Å². The van der Waals surface area contributed by atoms with Crippen LogP contribution in [0.1, 0.15) is 47.8 Å². The summed E-state index contributed by atoms with van der Waals surface area (Å²) in [5.41, 5.74) is 3.32. The molecule has 0 aliphatic carbocycles. The van der Waals surface area contributed by atoms with Crippen molar-refractivity contribution in [3.05, 3.63) is 82.4 Å². The molecule has 0 fully saturated rings. The zero-order chi connectivity index (χ0) is 28.3. The Hall–Kier alpha value is -3.24. The fourth-order valence-electron chi connectivity index (χ4n) is 4.35. The molecule has 1 aromatic heterocycles. The van der Waals surface area contributed by atoms with Crippen LogP contribution in [0, 0.1) is 0 Å². The van der Waals surface area contributed by atoms with Crippen LogP contribution >= 0.6 is 11.7 Å². The van der Waals surface area contributed by atoms with Crippen molar-refractivity contribution >= 4 is 40.1 Å². The van der Waals surface area contributed by atoms with Gasteiger partial charge in [-0.15, -0.1) is 0 Å². The summed E-state index contributed by atoms with van der Waals surface area (Å²) in [6.45, 7) is 6.33. The number of Topliss-reactive ketones (excluding diaryl/α,β-unsaturated/α-hetero) is 1. The van der Waals surface area contributed by atoms with Gasteiger partial charge in [0.1, 0.15) is 11.0 Å². The minimum atomic E-state index is -1.47. The van der Waals surface area contributed by atoms with Crippen LogP contribution in [0.4, 0.5) is 0 Å². The number of hydrogen-bond donors (Lipinski definition) is 0. The molecule has 1 heterocycles. The number of ether oxygens (including phenoxy) is 3. The average molecular weight is 569 g/mol. The molecule has 3 aromatic carbocycles. The maximum absolute atomic E-state index is 14.1. The molecule has 40 heavy (non-hydrogen) atoms. The molecule has 4 rings (SSSR count). The van der Waals surface area contributed by atoms with Crippen molar-refractivity contribution in [2.24, 2.45) is 0 Å². The third-order valence-corrected chi connectivity index (χ3v) is 7.01. The molecular formula is C30H29N2NaO6S. The van der Waals surface area contributed by atoms with Gasteiger partial charge in [0.05, 0.1) is 39.0 Å². The molecule has 10 heteroatoms. The number of benzene rings is 3. The van der Waals surface area contributed by atoms with Gasteiger partial charge in [0, 0.05) is 23.1 Å². The number of hydrogen-bond acceptors (Lipinski definition) is 9. The van der Waals surface area contributed by atoms with Gasteiger partial charge in [0.25, 0.3) is 0 Å². The van der Waals surface area contributed by atoms with E-state index in [0.29, 0.717) is 22.3 Å². The molecule has 0 spiro atoms. The zero-order valence-corrected chi connectivity index (χ0v) is 26.5. The van der Waals surface area contributed by atoms with Crippen molar-refractivity contribution in [3.63, 3.8) is 0 Å². The smallest absolute Gasteiger partial charge is 0.545 e. The van der Waals surface area contributed by atoms with E-state index in [2.05, 4.69) is 29.5 Å². The number of aromatic nitrogens is 2. The summed E-state index contributed by atoms with van der Waals surface area (Å²) in [4.78, 5) is 26.8. The summed E-state index contributed by atoms with van der Waals surface area (Å²) in [7, 11) is 4.36. The first kappa shape index (κ1) is 31.3. The number of methoxy groups -OCH3 is 3. The van der Waals surface area contributed by atoms with Gasteiger partial charge in [-0.1, -0.05) is 51.1 Å². The molecule has 0 atom stereocenters. The Balaban J connectivity index is 0.00000441. The number of carbonyl (C=O) groups is 2. The summed E-state index contributed by atoms with van der Waals surface area (Å²) in [5.74, 6) is -1.11. The van der Waals surface area contributed by atoms with Gasteiger partial charge in [-0.2, -0.15) is 8.75 Å². The molecule has 0 saturated carbocycles. The second kappa shape index (κ2) is 13.0. The topological polar surface area (TPSA) is 111 Å². The van der Waals surface area contributed by atoms with Crippen molar-refractivity contribution in [3.8, 4) is 17.2 Å². The quantitative estimate of drug-likeness (QED) is 0.170. The number of fused-ring (bicyclic) bond motifs is 1. The fourth-order valence-corrected chi connectivity index (χ4v) is 4.87. The van der Waals surface area contributed by atoms with Crippen LogP contribution in [-0.4, -0.2) is 41.8 Å². The van der Waals surface area contributed by atoms with Crippen molar-refractivity contribution in [2.45, 2.75) is 32.6 Å². The standard InChI is InChI=1S/C30H30N2O6S.Na/c1-30(2,3)20-10-7-17(8-11-20)13-21(26(29(34)35)18-9-12-22-23(14-18)32-39-31-22)27(33)19-15-24(36-4)28(38-6)25(16-19)37-5;/h7-12,14-16H,13H2,1-6H3,(H,34,35);/q;+1/p-1/b26-21+;. The summed E-state index contributed by atoms with van der Waals surface area (Å²) >= 11 is 1.03. The van der Waals surface area contributed by atoms with Crippen LogP contribution < -0.4 is 48.9 Å². The second-order valence-electron chi connectivity index (χ2n) is 9.98. The minimum absolute atomic E-state index is 0. The van der Waals surface area contributed by atoms with Gasteiger partial charge >= 0.3 is 29.6 Å². The Morgan fingerprint density at radius 1 is 0.825 bits per heavy atom. The molecule has 8 nitrogen and oxygen atoms in total. The summed E-state index contributed by atoms with van der Waals surface area (Å²) < 4.78 is 24.7. The Morgan fingerprint density at radius 3 is 1.95 bits per heavy atom. The van der Waals surface area contributed by atoms with Gasteiger partial charge < -0.3 is 24.1 Å². The molecule has 4 aromatic rings. The van der Waals surface area contributed by atoms with E-state index in [1.165, 1.54) is 33.5 Å². The van der Waals surface area contributed by atoms with E-state index in [9.17, 15) is 14.7 Å². The van der Waals surface area contributed by atoms with Gasteiger partial charge in [0.15, 0.2) is 17.3 Å². The van der Waals surface area contributed by atoms with E-state index >= 15 is 0 Å². The number of allylic oxidation sites excluding steroid dienone is 1. The van der Waals surface area contributed by atoms with Crippen LogP contribution in [0.2, 0.25) is 0 Å². The minimum Gasteiger partial charge on any atom is -0.545 e. The van der Waals surface area contributed by atoms with Crippen molar-refractivity contribution in [1.29, 1.82) is 0 Å². The predicted octanol–water partition coefficient (Wildman–Crippen LogP) is 1.65. The second-order valence-corrected chi connectivity index (χ2v) is 10.5. The Kier molecular flexibility index (Phi) is 10.1. The van der Waals surface area contributed by atoms with E-state index < -0.39 is 11.8 Å². The maximum atomic E-state index is 14.1. The third kappa shape index (κ3) is 6.55. The number of aliphatic carboxylic acids is 1. The Bertz CT molecular complexity index is 1550. The normalized spacial score (nSPS) is 11.8. The van der Waals surface area contributed by atoms with Crippen LogP contribution in [-0.2, 0) is 16.6 Å². The Labute approximate surface area is 259 Å². The van der Waals surface area contributed by atoms with Crippen LogP contribution in [0.5, 0.6) is 17.2 Å². The molecule has 0 amide bonds. The molecule has 0 aliphatic rings. The van der Waals surface area contributed by atoms with Gasteiger partial charge in [-0.05, 0) is 46.4 Å². The molecule has 0 saturated heterocycles. The number of carboxylic acid groups (broad SMARTS) is 1. The largest absolute Gasteiger partial charge is 1.00 e. The number of nitrogens with zero attached hydrogens (tertiary/aromatic N) is 2. The summed E-state index contributed by atoms with van der Waals surface area (Å²) in [6.07, 6.45) is 0.0522.